The second-order valence-electron chi connectivity index (χ2n) is 7.95. The predicted octanol–water partition coefficient (Wildman–Crippen LogP) is 3.67. The molecule has 1 heterocycles. The molecular formula is C24H28N2O4. The van der Waals surface area contributed by atoms with E-state index in [1.54, 1.807) is 6.07 Å². The molecule has 1 aliphatic heterocycles. The van der Waals surface area contributed by atoms with Crippen LogP contribution in [0.4, 0.5) is 11.4 Å². The Kier molecular flexibility index (Phi) is 6.90. The average Bonchev–Trinajstić information content (AvgIpc) is 2.84. The van der Waals surface area contributed by atoms with E-state index in [0.29, 0.717) is 11.7 Å². The molecule has 0 bridgehead atoms. The number of carbonyl (C=O) groups excluding carboxylic acids is 1. The number of ether oxygens (including phenoxy) is 1. The van der Waals surface area contributed by atoms with E-state index in [0.717, 1.165) is 49.3 Å². The topological polar surface area (TPSA) is 70.1 Å². The van der Waals surface area contributed by atoms with Gasteiger partial charge in [-0.3, -0.25) is 0 Å². The highest BCUT2D eigenvalue weighted by molar-refractivity contribution is 5.92. The fraction of sp³-hybridized carbons (Fsp3) is 0.333. The molecule has 6 heteroatoms. The van der Waals surface area contributed by atoms with E-state index in [1.807, 2.05) is 18.2 Å². The van der Waals surface area contributed by atoms with Crippen molar-refractivity contribution in [2.45, 2.75) is 19.8 Å². The lowest BCUT2D eigenvalue weighted by atomic mass is 10.0. The number of aryl methyl sites for hydroxylation is 1. The van der Waals surface area contributed by atoms with Crippen molar-refractivity contribution in [2.75, 3.05) is 32.1 Å². The van der Waals surface area contributed by atoms with Crippen molar-refractivity contribution in [3.8, 4) is 5.75 Å². The Balaban J connectivity index is 1.98. The lowest BCUT2D eigenvalue weighted by Gasteiger charge is -2.31. The number of fused-ring (bicyclic) bond motifs is 2. The largest absolute Gasteiger partial charge is 0.478 e. The van der Waals surface area contributed by atoms with Crippen LogP contribution in [0.3, 0.4) is 0 Å². The van der Waals surface area contributed by atoms with Crippen LogP contribution in [0.2, 0.25) is 0 Å². The summed E-state index contributed by atoms with van der Waals surface area (Å²) in [5, 5.41) is 8.73. The zero-order chi connectivity index (χ0) is 21.7. The Morgan fingerprint density at radius 2 is 1.83 bits per heavy atom. The van der Waals surface area contributed by atoms with Crippen molar-refractivity contribution < 1.29 is 19.4 Å². The normalized spacial score (nSPS) is 14.2. The van der Waals surface area contributed by atoms with Crippen molar-refractivity contribution in [3.05, 3.63) is 65.7 Å². The Morgan fingerprint density at radius 1 is 1.10 bits per heavy atom. The summed E-state index contributed by atoms with van der Waals surface area (Å²) >= 11 is 0. The minimum Gasteiger partial charge on any atom is -0.478 e. The number of rotatable bonds is 7. The molecule has 158 valence electrons. The Hall–Kier alpha value is -3.12. The number of carboxylic acid groups (broad SMARTS) is 1. The number of anilines is 2. The number of esters is 1. The van der Waals surface area contributed by atoms with Crippen LogP contribution >= 0.6 is 0 Å². The summed E-state index contributed by atoms with van der Waals surface area (Å²) in [7, 11) is 4.14. The first-order valence-electron chi connectivity index (χ1n) is 10.1. The highest BCUT2D eigenvalue weighted by Gasteiger charge is 2.25. The van der Waals surface area contributed by atoms with E-state index in [-0.39, 0.29) is 0 Å². The van der Waals surface area contributed by atoms with Gasteiger partial charge in [0.2, 0.25) is 0 Å². The van der Waals surface area contributed by atoms with Crippen molar-refractivity contribution in [3.63, 3.8) is 0 Å². The summed E-state index contributed by atoms with van der Waals surface area (Å²) in [6.45, 7) is 4.02. The molecule has 0 radical (unpaired) electrons. The first-order valence-corrected chi connectivity index (χ1v) is 10.1. The van der Waals surface area contributed by atoms with Crippen LogP contribution in [0, 0.1) is 5.92 Å². The third kappa shape index (κ3) is 5.27. The maximum atomic E-state index is 12.1. The molecular weight excluding hydrogens is 380 g/mol. The van der Waals surface area contributed by atoms with Crippen LogP contribution in [0.25, 0.3) is 0 Å². The Labute approximate surface area is 177 Å². The molecule has 1 aliphatic rings. The number of para-hydroxylation sites is 1. The molecule has 0 amide bonds. The average molecular weight is 408 g/mol. The van der Waals surface area contributed by atoms with Gasteiger partial charge in [-0.05, 0) is 56.6 Å². The maximum Gasteiger partial charge on any atom is 0.336 e. The second kappa shape index (κ2) is 9.59. The maximum absolute atomic E-state index is 12.1. The molecule has 2 aromatic carbocycles. The van der Waals surface area contributed by atoms with Crippen LogP contribution in [0.15, 0.2) is 54.6 Å². The first kappa shape index (κ1) is 21.6. The minimum absolute atomic E-state index is 0.420. The van der Waals surface area contributed by atoms with Gasteiger partial charge >= 0.3 is 11.9 Å². The lowest BCUT2D eigenvalue weighted by molar-refractivity contribution is -0.133. The highest BCUT2D eigenvalue weighted by Crippen LogP contribution is 2.40. The van der Waals surface area contributed by atoms with Crippen LogP contribution in [-0.4, -0.2) is 49.1 Å². The molecule has 0 aromatic heterocycles. The van der Waals surface area contributed by atoms with Gasteiger partial charge in [0, 0.05) is 42.2 Å². The van der Waals surface area contributed by atoms with Gasteiger partial charge in [-0.1, -0.05) is 31.2 Å². The van der Waals surface area contributed by atoms with E-state index in [9.17, 15) is 9.59 Å². The van der Waals surface area contributed by atoms with Crippen molar-refractivity contribution >= 4 is 23.3 Å². The van der Waals surface area contributed by atoms with Gasteiger partial charge in [0.1, 0.15) is 5.75 Å². The van der Waals surface area contributed by atoms with Crippen LogP contribution in [0.5, 0.6) is 5.75 Å². The van der Waals surface area contributed by atoms with E-state index >= 15 is 0 Å². The second-order valence-corrected chi connectivity index (χ2v) is 7.95. The minimum atomic E-state index is -1.18. The molecule has 6 nitrogen and oxygen atoms in total. The molecule has 0 spiro atoms. The van der Waals surface area contributed by atoms with Gasteiger partial charge in [0.05, 0.1) is 0 Å². The molecule has 2 aromatic rings. The SMILES string of the molecule is CC(CN(C)C)CN1c2ccccc2CCc2c(OC(=O)/C=C\C(=O)O)cccc21. The predicted molar refractivity (Wildman–Crippen MR) is 117 cm³/mol. The zero-order valence-corrected chi connectivity index (χ0v) is 17.7. The summed E-state index contributed by atoms with van der Waals surface area (Å²) in [5.74, 6) is -0.982. The van der Waals surface area contributed by atoms with E-state index < -0.39 is 11.9 Å². The first-order chi connectivity index (χ1) is 14.3. The molecule has 30 heavy (non-hydrogen) atoms. The monoisotopic (exact) mass is 408 g/mol. The number of aliphatic carboxylic acids is 1. The molecule has 0 saturated heterocycles. The van der Waals surface area contributed by atoms with Gasteiger partial charge in [-0.2, -0.15) is 0 Å². The number of hydrogen-bond donors (Lipinski definition) is 1. The van der Waals surface area contributed by atoms with Gasteiger partial charge in [-0.25, -0.2) is 9.59 Å². The van der Waals surface area contributed by atoms with E-state index in [1.165, 1.54) is 11.3 Å². The standard InChI is InChI=1S/C24H28N2O4/c1-17(15-25(2)3)16-26-20-8-5-4-7-18(20)11-12-19-21(26)9-6-10-22(19)30-24(29)14-13-23(27)28/h4-10,13-14,17H,11-12,15-16H2,1-3H3,(H,27,28)/b14-13-. The van der Waals surface area contributed by atoms with Gasteiger partial charge in [0.15, 0.2) is 0 Å². The molecule has 3 rings (SSSR count). The Morgan fingerprint density at radius 3 is 2.57 bits per heavy atom. The van der Waals surface area contributed by atoms with Gasteiger partial charge < -0.3 is 19.6 Å². The van der Waals surface area contributed by atoms with Crippen molar-refractivity contribution in [1.82, 2.24) is 4.90 Å². The zero-order valence-electron chi connectivity index (χ0n) is 17.7. The quantitative estimate of drug-likeness (QED) is 0.428. The van der Waals surface area contributed by atoms with E-state index in [2.05, 4.69) is 49.0 Å². The molecule has 0 fully saturated rings. The fourth-order valence-corrected chi connectivity index (χ4v) is 4.00. The summed E-state index contributed by atoms with van der Waals surface area (Å²) < 4.78 is 5.51. The van der Waals surface area contributed by atoms with Crippen molar-refractivity contribution in [2.24, 2.45) is 5.92 Å². The van der Waals surface area contributed by atoms with E-state index in [4.69, 9.17) is 9.84 Å². The highest BCUT2D eigenvalue weighted by atomic mass is 16.5. The summed E-state index contributed by atoms with van der Waals surface area (Å²) in [4.78, 5) is 27.3. The third-order valence-electron chi connectivity index (χ3n) is 5.07. The number of benzene rings is 2. The summed E-state index contributed by atoms with van der Waals surface area (Å²) in [5.41, 5.74) is 4.42. The molecule has 0 saturated carbocycles. The number of hydrogen-bond acceptors (Lipinski definition) is 5. The molecule has 0 aliphatic carbocycles. The summed E-state index contributed by atoms with van der Waals surface area (Å²) in [6.07, 6.45) is 3.29. The van der Waals surface area contributed by atoms with Crippen LogP contribution < -0.4 is 9.64 Å². The van der Waals surface area contributed by atoms with Gasteiger partial charge in [-0.15, -0.1) is 0 Å². The third-order valence-corrected chi connectivity index (χ3v) is 5.07. The summed E-state index contributed by atoms with van der Waals surface area (Å²) in [6, 6.07) is 14.1. The number of nitrogens with zero attached hydrogens (tertiary/aromatic N) is 2. The van der Waals surface area contributed by atoms with Gasteiger partial charge in [0.25, 0.3) is 0 Å². The molecule has 1 N–H and O–H groups in total. The number of carbonyl (C=O) groups is 2. The fourth-order valence-electron chi connectivity index (χ4n) is 4.00. The molecule has 1 atom stereocenters. The smallest absolute Gasteiger partial charge is 0.336 e. The van der Waals surface area contributed by atoms with Crippen LogP contribution in [-0.2, 0) is 22.4 Å². The van der Waals surface area contributed by atoms with Crippen LogP contribution in [0.1, 0.15) is 18.1 Å². The Bertz CT molecular complexity index is 952. The molecule has 1 unspecified atom stereocenters. The van der Waals surface area contributed by atoms with Crippen molar-refractivity contribution in [1.29, 1.82) is 0 Å². The lowest BCUT2D eigenvalue weighted by Crippen LogP contribution is -2.30. The number of carboxylic acids is 1.